The van der Waals surface area contributed by atoms with Crippen LogP contribution in [-0.4, -0.2) is 53.9 Å². The summed E-state index contributed by atoms with van der Waals surface area (Å²) in [6.45, 7) is 8.96. The van der Waals surface area contributed by atoms with E-state index in [0.717, 1.165) is 44.5 Å². The highest BCUT2D eigenvalue weighted by atomic mass is 16.5. The van der Waals surface area contributed by atoms with Crippen LogP contribution in [-0.2, 0) is 22.6 Å². The van der Waals surface area contributed by atoms with Gasteiger partial charge in [0.1, 0.15) is 0 Å². The first-order valence-corrected chi connectivity index (χ1v) is 9.05. The van der Waals surface area contributed by atoms with Crippen LogP contribution in [0.4, 0.5) is 0 Å². The van der Waals surface area contributed by atoms with Crippen LogP contribution in [0.5, 0.6) is 0 Å². The van der Waals surface area contributed by atoms with E-state index in [1.807, 2.05) is 22.0 Å². The molecule has 2 heterocycles. The van der Waals surface area contributed by atoms with Crippen LogP contribution in [0.15, 0.2) is 12.4 Å². The van der Waals surface area contributed by atoms with Gasteiger partial charge in [0.15, 0.2) is 0 Å². The highest BCUT2D eigenvalue weighted by molar-refractivity contribution is 5.86. The summed E-state index contributed by atoms with van der Waals surface area (Å²) < 4.78 is 7.14. The molecule has 1 spiro atoms. The lowest BCUT2D eigenvalue weighted by Gasteiger charge is -2.31. The second kappa shape index (κ2) is 6.84. The Labute approximate surface area is 144 Å². The van der Waals surface area contributed by atoms with Gasteiger partial charge in [0.2, 0.25) is 5.91 Å². The topological polar surface area (TPSA) is 59.4 Å². The van der Waals surface area contributed by atoms with Crippen LogP contribution in [0.25, 0.3) is 0 Å². The average molecular weight is 334 g/mol. The van der Waals surface area contributed by atoms with E-state index < -0.39 is 0 Å². The van der Waals surface area contributed by atoms with Crippen molar-refractivity contribution in [3.05, 3.63) is 18.0 Å². The minimum atomic E-state index is -0.205. The average Bonchev–Trinajstić information content (AvgIpc) is 2.97. The number of rotatable bonds is 7. The molecule has 6 heteroatoms. The van der Waals surface area contributed by atoms with E-state index >= 15 is 0 Å². The van der Waals surface area contributed by atoms with Crippen molar-refractivity contribution in [2.45, 2.75) is 46.2 Å². The number of amides is 1. The summed E-state index contributed by atoms with van der Waals surface area (Å²) in [6.07, 6.45) is 7.15. The number of carbonyl (C=O) groups excluding carboxylic acids is 1. The number of hydrogen-bond donors (Lipinski definition) is 1. The number of aromatic nitrogens is 2. The molecular formula is C18H30N4O2. The van der Waals surface area contributed by atoms with Crippen molar-refractivity contribution in [3.63, 3.8) is 0 Å². The van der Waals surface area contributed by atoms with Crippen molar-refractivity contribution >= 4 is 5.91 Å². The van der Waals surface area contributed by atoms with E-state index in [4.69, 9.17) is 4.74 Å². The molecule has 1 amide bonds. The van der Waals surface area contributed by atoms with Gasteiger partial charge in [-0.15, -0.1) is 0 Å². The van der Waals surface area contributed by atoms with Crippen LogP contribution < -0.4 is 5.32 Å². The van der Waals surface area contributed by atoms with Gasteiger partial charge in [-0.2, -0.15) is 5.10 Å². The highest BCUT2D eigenvalue weighted by Gasteiger charge is 2.68. The molecular weight excluding hydrogens is 304 g/mol. The molecule has 0 radical (unpaired) electrons. The molecule has 1 aromatic heterocycles. The Morgan fingerprint density at radius 1 is 1.46 bits per heavy atom. The fraction of sp³-hybridized carbons (Fsp3) is 0.778. The third kappa shape index (κ3) is 3.09. The van der Waals surface area contributed by atoms with E-state index in [0.29, 0.717) is 19.7 Å². The Morgan fingerprint density at radius 2 is 2.21 bits per heavy atom. The molecule has 1 unspecified atom stereocenters. The van der Waals surface area contributed by atoms with Gasteiger partial charge in [-0.1, -0.05) is 6.92 Å². The Bertz CT molecular complexity index is 579. The summed E-state index contributed by atoms with van der Waals surface area (Å²) in [5.74, 6) is 0.283. The number of ether oxygens (including phenoxy) is 1. The van der Waals surface area contributed by atoms with E-state index in [-0.39, 0.29) is 16.7 Å². The molecule has 1 saturated carbocycles. The zero-order valence-electron chi connectivity index (χ0n) is 15.2. The lowest BCUT2D eigenvalue weighted by molar-refractivity contribution is -0.139. The molecule has 1 aliphatic heterocycles. The summed E-state index contributed by atoms with van der Waals surface area (Å²) >= 11 is 0. The van der Waals surface area contributed by atoms with Gasteiger partial charge >= 0.3 is 0 Å². The first-order chi connectivity index (χ1) is 11.5. The maximum absolute atomic E-state index is 13.3. The highest BCUT2D eigenvalue weighted by Crippen LogP contribution is 2.69. The van der Waals surface area contributed by atoms with Crippen LogP contribution >= 0.6 is 0 Å². The van der Waals surface area contributed by atoms with Crippen LogP contribution in [0.2, 0.25) is 0 Å². The molecule has 3 rings (SSSR count). The molecule has 2 aliphatic rings. The van der Waals surface area contributed by atoms with E-state index in [9.17, 15) is 4.79 Å². The minimum absolute atomic E-state index is 0.205. The standard InChI is InChI=1S/C18H30N4O2/c1-4-22-13-15(11-20-22)12-21(9-10-24-3)16(23)17(2)14-18(17)5-7-19-8-6-18/h11,13,19H,4-10,12,14H2,1-3H3. The lowest BCUT2D eigenvalue weighted by Crippen LogP contribution is -2.42. The molecule has 1 saturated heterocycles. The number of nitrogens with one attached hydrogen (secondary N) is 1. The van der Waals surface area contributed by atoms with Crippen molar-refractivity contribution in [1.82, 2.24) is 20.0 Å². The lowest BCUT2D eigenvalue weighted by atomic mass is 9.85. The first-order valence-electron chi connectivity index (χ1n) is 9.05. The van der Waals surface area contributed by atoms with Crippen molar-refractivity contribution in [1.29, 1.82) is 0 Å². The fourth-order valence-electron chi connectivity index (χ4n) is 4.25. The van der Waals surface area contributed by atoms with E-state index in [2.05, 4.69) is 24.3 Å². The second-order valence-corrected chi connectivity index (χ2v) is 7.46. The second-order valence-electron chi connectivity index (χ2n) is 7.46. The van der Waals surface area contributed by atoms with Crippen molar-refractivity contribution < 1.29 is 9.53 Å². The maximum Gasteiger partial charge on any atom is 0.229 e. The van der Waals surface area contributed by atoms with E-state index in [1.165, 1.54) is 0 Å². The molecule has 6 nitrogen and oxygen atoms in total. The Hall–Kier alpha value is -1.40. The first kappa shape index (κ1) is 17.4. The van der Waals surface area contributed by atoms with Crippen molar-refractivity contribution in [2.75, 3.05) is 33.4 Å². The number of aryl methyl sites for hydroxylation is 1. The summed E-state index contributed by atoms with van der Waals surface area (Å²) in [6, 6.07) is 0. The number of nitrogens with zero attached hydrogens (tertiary/aromatic N) is 3. The summed E-state index contributed by atoms with van der Waals surface area (Å²) in [7, 11) is 1.69. The maximum atomic E-state index is 13.3. The van der Waals surface area contributed by atoms with Crippen LogP contribution in [0.1, 0.15) is 38.7 Å². The molecule has 0 bridgehead atoms. The molecule has 134 valence electrons. The van der Waals surface area contributed by atoms with Gasteiger partial charge in [0, 0.05) is 38.5 Å². The summed E-state index contributed by atoms with van der Waals surface area (Å²) in [5.41, 5.74) is 1.10. The third-order valence-electron chi connectivity index (χ3n) is 6.01. The quantitative estimate of drug-likeness (QED) is 0.824. The summed E-state index contributed by atoms with van der Waals surface area (Å²) in [4.78, 5) is 15.3. The third-order valence-corrected chi connectivity index (χ3v) is 6.01. The number of hydrogen-bond acceptors (Lipinski definition) is 4. The monoisotopic (exact) mass is 334 g/mol. The van der Waals surface area contributed by atoms with Crippen LogP contribution in [0.3, 0.4) is 0 Å². The van der Waals surface area contributed by atoms with Crippen molar-refractivity contribution in [2.24, 2.45) is 10.8 Å². The normalized spacial score (nSPS) is 25.0. The van der Waals surface area contributed by atoms with Gasteiger partial charge in [0.25, 0.3) is 0 Å². The SMILES string of the molecule is CCn1cc(CN(CCOC)C(=O)C2(C)CC23CCNCC3)cn1. The number of carbonyl (C=O) groups is 1. The van der Waals surface area contributed by atoms with Gasteiger partial charge in [-0.05, 0) is 44.7 Å². The van der Waals surface area contributed by atoms with Crippen molar-refractivity contribution in [3.8, 4) is 0 Å². The largest absolute Gasteiger partial charge is 0.383 e. The zero-order valence-corrected chi connectivity index (χ0v) is 15.2. The Kier molecular flexibility index (Phi) is 4.97. The molecule has 1 aromatic rings. The van der Waals surface area contributed by atoms with Crippen LogP contribution in [0, 0.1) is 10.8 Å². The molecule has 1 atom stereocenters. The summed E-state index contributed by atoms with van der Waals surface area (Å²) in [5, 5.41) is 7.74. The predicted octanol–water partition coefficient (Wildman–Crippen LogP) is 1.66. The van der Waals surface area contributed by atoms with E-state index in [1.54, 1.807) is 7.11 Å². The van der Waals surface area contributed by atoms with Gasteiger partial charge in [-0.3, -0.25) is 9.48 Å². The predicted molar refractivity (Wildman–Crippen MR) is 92.5 cm³/mol. The molecule has 24 heavy (non-hydrogen) atoms. The molecule has 2 fully saturated rings. The Morgan fingerprint density at radius 3 is 2.83 bits per heavy atom. The molecule has 1 aliphatic carbocycles. The van der Waals surface area contributed by atoms with Gasteiger partial charge in [-0.25, -0.2) is 0 Å². The smallest absolute Gasteiger partial charge is 0.229 e. The number of methoxy groups -OCH3 is 1. The number of piperidine rings is 1. The Balaban J connectivity index is 1.72. The van der Waals surface area contributed by atoms with Gasteiger partial charge in [0.05, 0.1) is 18.2 Å². The zero-order chi connectivity index (χ0) is 17.2. The van der Waals surface area contributed by atoms with Gasteiger partial charge < -0.3 is 15.0 Å². The fourth-order valence-corrected chi connectivity index (χ4v) is 4.25. The minimum Gasteiger partial charge on any atom is -0.383 e. The molecule has 0 aromatic carbocycles. The molecule has 1 N–H and O–H groups in total.